The van der Waals surface area contributed by atoms with Crippen molar-refractivity contribution in [2.24, 2.45) is 5.92 Å². The number of benzene rings is 1. The molecule has 0 aliphatic rings. The molecule has 0 nitrogen and oxygen atoms in total. The Morgan fingerprint density at radius 2 is 1.67 bits per heavy atom. The van der Waals surface area contributed by atoms with Gasteiger partial charge in [-0.1, -0.05) is 51.6 Å². The molecule has 0 aromatic heterocycles. The third-order valence-corrected chi connectivity index (χ3v) is 1.85. The molecule has 1 aromatic carbocycles. The van der Waals surface area contributed by atoms with E-state index in [2.05, 4.69) is 44.2 Å². The highest BCUT2D eigenvalue weighted by Crippen LogP contribution is 2.07. The van der Waals surface area contributed by atoms with Crippen molar-refractivity contribution in [2.45, 2.75) is 34.1 Å². The van der Waals surface area contributed by atoms with E-state index in [4.69, 9.17) is 0 Å². The van der Waals surface area contributed by atoms with Crippen LogP contribution in [0.15, 0.2) is 30.3 Å². The van der Waals surface area contributed by atoms with Crippen molar-refractivity contribution >= 4 is 0 Å². The zero-order valence-electron chi connectivity index (χ0n) is 7.38. The van der Waals surface area contributed by atoms with Crippen LogP contribution in [0.5, 0.6) is 0 Å². The molecule has 12 heavy (non-hydrogen) atoms. The summed E-state index contributed by atoms with van der Waals surface area (Å²) in [7, 11) is 0. The summed E-state index contributed by atoms with van der Waals surface area (Å²) in [6.45, 7) is 4.53. The lowest BCUT2D eigenvalue weighted by molar-refractivity contribution is 0.587. The Morgan fingerprint density at radius 1 is 1.08 bits per heavy atom. The highest BCUT2D eigenvalue weighted by atomic mass is 14.0. The van der Waals surface area contributed by atoms with Crippen molar-refractivity contribution in [1.29, 1.82) is 0 Å². The molecule has 1 aromatic rings. The number of aryl methyl sites for hydroxylation is 1. The van der Waals surface area contributed by atoms with Gasteiger partial charge in [-0.2, -0.15) is 0 Å². The lowest BCUT2D eigenvalue weighted by Crippen LogP contribution is -1.91. The van der Waals surface area contributed by atoms with Gasteiger partial charge in [0, 0.05) is 0 Å². The van der Waals surface area contributed by atoms with Gasteiger partial charge in [0.2, 0.25) is 0 Å². The zero-order valence-corrected chi connectivity index (χ0v) is 7.38. The normalized spacial score (nSPS) is 9.58. The molecule has 0 bridgehead atoms. The average Bonchev–Trinajstić information content (AvgIpc) is 2.03. The molecule has 0 aliphatic heterocycles. The van der Waals surface area contributed by atoms with Crippen LogP contribution in [0.1, 0.15) is 33.3 Å². The lowest BCUT2D eigenvalue weighted by Gasteiger charge is -2.03. The second-order valence-electron chi connectivity index (χ2n) is 3.42. The molecular weight excluding hydrogens is 144 g/mol. The first kappa shape index (κ1) is 11.2. The molecule has 0 amide bonds. The molecule has 0 saturated carbocycles. The molecule has 0 spiro atoms. The summed E-state index contributed by atoms with van der Waals surface area (Å²) in [4.78, 5) is 0. The average molecular weight is 164 g/mol. The summed E-state index contributed by atoms with van der Waals surface area (Å²) in [5.41, 5.74) is 1.46. The van der Waals surface area contributed by atoms with Crippen LogP contribution < -0.4 is 0 Å². The minimum absolute atomic E-state index is 0. The second-order valence-corrected chi connectivity index (χ2v) is 3.42. The molecule has 0 unspecified atom stereocenters. The summed E-state index contributed by atoms with van der Waals surface area (Å²) in [5, 5.41) is 0. The van der Waals surface area contributed by atoms with Gasteiger partial charge in [0.05, 0.1) is 0 Å². The lowest BCUT2D eigenvalue weighted by atomic mass is 10.0. The fourth-order valence-corrected chi connectivity index (χ4v) is 1.10. The van der Waals surface area contributed by atoms with Crippen molar-refractivity contribution < 1.29 is 0 Å². The fourth-order valence-electron chi connectivity index (χ4n) is 1.10. The Bertz CT molecular complexity index is 186. The van der Waals surface area contributed by atoms with Crippen molar-refractivity contribution in [2.75, 3.05) is 0 Å². The highest BCUT2D eigenvalue weighted by Gasteiger charge is 1.94. The number of rotatable bonds is 3. The van der Waals surface area contributed by atoms with Crippen LogP contribution in [-0.2, 0) is 6.42 Å². The van der Waals surface area contributed by atoms with Crippen LogP contribution >= 0.6 is 0 Å². The molecule has 0 radical (unpaired) electrons. The van der Waals surface area contributed by atoms with E-state index < -0.39 is 0 Å². The SMILES string of the molecule is C.CC(C)CCc1ccccc1. The van der Waals surface area contributed by atoms with Gasteiger partial charge in [0.15, 0.2) is 0 Å². The van der Waals surface area contributed by atoms with Gasteiger partial charge >= 0.3 is 0 Å². The van der Waals surface area contributed by atoms with E-state index >= 15 is 0 Å². The first-order chi connectivity index (χ1) is 5.29. The van der Waals surface area contributed by atoms with E-state index in [0.717, 1.165) is 5.92 Å². The summed E-state index contributed by atoms with van der Waals surface area (Å²) >= 11 is 0. The maximum Gasteiger partial charge on any atom is -0.0276 e. The van der Waals surface area contributed by atoms with E-state index in [1.54, 1.807) is 0 Å². The molecule has 0 atom stereocenters. The molecule has 0 heterocycles. The van der Waals surface area contributed by atoms with Crippen LogP contribution in [0.25, 0.3) is 0 Å². The molecule has 0 N–H and O–H groups in total. The van der Waals surface area contributed by atoms with E-state index in [1.807, 2.05) is 0 Å². The maximum atomic E-state index is 2.27. The zero-order chi connectivity index (χ0) is 8.10. The number of hydrogen-bond acceptors (Lipinski definition) is 0. The smallest absolute Gasteiger partial charge is 0.0276 e. The molecule has 1 rings (SSSR count). The van der Waals surface area contributed by atoms with Gasteiger partial charge in [-0.05, 0) is 24.3 Å². The van der Waals surface area contributed by atoms with Gasteiger partial charge in [-0.15, -0.1) is 0 Å². The van der Waals surface area contributed by atoms with E-state index in [9.17, 15) is 0 Å². The summed E-state index contributed by atoms with van der Waals surface area (Å²) < 4.78 is 0. The first-order valence-electron chi connectivity index (χ1n) is 4.33. The van der Waals surface area contributed by atoms with Crippen molar-refractivity contribution in [1.82, 2.24) is 0 Å². The van der Waals surface area contributed by atoms with Crippen molar-refractivity contribution in [3.8, 4) is 0 Å². The van der Waals surface area contributed by atoms with Crippen LogP contribution in [0.2, 0.25) is 0 Å². The topological polar surface area (TPSA) is 0 Å². The van der Waals surface area contributed by atoms with E-state index in [-0.39, 0.29) is 7.43 Å². The predicted octanol–water partition coefficient (Wildman–Crippen LogP) is 3.91. The van der Waals surface area contributed by atoms with Gasteiger partial charge in [-0.3, -0.25) is 0 Å². The molecule has 0 aliphatic carbocycles. The summed E-state index contributed by atoms with van der Waals surface area (Å²) in [6.07, 6.45) is 2.52. The Kier molecular flexibility index (Phi) is 5.44. The molecule has 0 heteroatoms. The van der Waals surface area contributed by atoms with Crippen molar-refractivity contribution in [3.63, 3.8) is 0 Å². The fraction of sp³-hybridized carbons (Fsp3) is 0.500. The van der Waals surface area contributed by atoms with Gasteiger partial charge in [0.1, 0.15) is 0 Å². The number of hydrogen-bond donors (Lipinski definition) is 0. The third kappa shape index (κ3) is 4.17. The minimum atomic E-state index is 0. The van der Waals surface area contributed by atoms with E-state index in [0.29, 0.717) is 0 Å². The van der Waals surface area contributed by atoms with Gasteiger partial charge < -0.3 is 0 Å². The Morgan fingerprint density at radius 3 is 2.17 bits per heavy atom. The molecular formula is C12H20. The van der Waals surface area contributed by atoms with Gasteiger partial charge in [0.25, 0.3) is 0 Å². The standard InChI is InChI=1S/C11H16.CH4/c1-10(2)8-9-11-6-4-3-5-7-11;/h3-7,10H,8-9H2,1-2H3;1H4. The quantitative estimate of drug-likeness (QED) is 0.635. The monoisotopic (exact) mass is 164 g/mol. The van der Waals surface area contributed by atoms with Crippen LogP contribution in [0.3, 0.4) is 0 Å². The third-order valence-electron chi connectivity index (χ3n) is 1.85. The minimum Gasteiger partial charge on any atom is -0.0776 e. The van der Waals surface area contributed by atoms with Crippen molar-refractivity contribution in [3.05, 3.63) is 35.9 Å². The van der Waals surface area contributed by atoms with Crippen LogP contribution in [-0.4, -0.2) is 0 Å². The predicted molar refractivity (Wildman–Crippen MR) is 56.3 cm³/mol. The van der Waals surface area contributed by atoms with Crippen LogP contribution in [0, 0.1) is 5.92 Å². The largest absolute Gasteiger partial charge is 0.0776 e. The highest BCUT2D eigenvalue weighted by molar-refractivity contribution is 5.14. The second kappa shape index (κ2) is 5.82. The first-order valence-corrected chi connectivity index (χ1v) is 4.33. The molecule has 68 valence electrons. The van der Waals surface area contributed by atoms with Gasteiger partial charge in [-0.25, -0.2) is 0 Å². The Balaban J connectivity index is 0.00000121. The summed E-state index contributed by atoms with van der Waals surface area (Å²) in [5.74, 6) is 0.815. The Labute approximate surface area is 76.6 Å². The van der Waals surface area contributed by atoms with E-state index in [1.165, 1.54) is 18.4 Å². The molecule has 0 fully saturated rings. The maximum absolute atomic E-state index is 2.27. The summed E-state index contributed by atoms with van der Waals surface area (Å²) in [6, 6.07) is 10.7. The van der Waals surface area contributed by atoms with Crippen LogP contribution in [0.4, 0.5) is 0 Å². The molecule has 0 saturated heterocycles. The Hall–Kier alpha value is -0.780.